The number of hydrogen-bond donors (Lipinski definition) is 1. The van der Waals surface area contributed by atoms with Crippen LogP contribution in [0.25, 0.3) is 0 Å². The first-order valence-electron chi connectivity index (χ1n) is 13.0. The summed E-state index contributed by atoms with van der Waals surface area (Å²) in [7, 11) is 0. The highest BCUT2D eigenvalue weighted by molar-refractivity contribution is 5.25. The van der Waals surface area contributed by atoms with Gasteiger partial charge in [-0.05, 0) is 104 Å². The number of aliphatic hydroxyl groups excluding tert-OH is 1. The standard InChI is InChI=1S/C28H48O/c1-18(2)19(3)7-8-20(4)24-11-12-25-23-10-9-21-17-22(29)13-15-27(21,5)26(23)14-16-28(24,25)6/h9,18-20,22-26,29H,7-8,10-17H2,1-6H3/t19-,20-,22+,23-,24-,25-,26+,27+,28-/m1/s1. The number of aliphatic hydroxyl groups is 1. The Labute approximate surface area is 181 Å². The fourth-order valence-electron chi connectivity index (χ4n) is 8.68. The number of hydrogen-bond acceptors (Lipinski definition) is 1. The van der Waals surface area contributed by atoms with Gasteiger partial charge in [0.25, 0.3) is 0 Å². The van der Waals surface area contributed by atoms with E-state index in [1.54, 1.807) is 5.57 Å². The molecule has 0 amide bonds. The average Bonchev–Trinajstić information content (AvgIpc) is 3.03. The zero-order valence-electron chi connectivity index (χ0n) is 20.2. The van der Waals surface area contributed by atoms with Crippen LogP contribution in [0.15, 0.2) is 11.6 Å². The average molecular weight is 401 g/mol. The highest BCUT2D eigenvalue weighted by atomic mass is 16.3. The molecule has 0 aromatic rings. The summed E-state index contributed by atoms with van der Waals surface area (Å²) in [5, 5.41) is 10.2. The molecule has 4 aliphatic rings. The molecule has 0 aliphatic heterocycles. The van der Waals surface area contributed by atoms with E-state index < -0.39 is 0 Å². The summed E-state index contributed by atoms with van der Waals surface area (Å²) in [6.45, 7) is 15.1. The molecule has 0 radical (unpaired) electrons. The van der Waals surface area contributed by atoms with Gasteiger partial charge in [-0.3, -0.25) is 0 Å². The van der Waals surface area contributed by atoms with Crippen molar-refractivity contribution in [2.24, 2.45) is 52.3 Å². The Hall–Kier alpha value is -0.300. The van der Waals surface area contributed by atoms with Crippen molar-refractivity contribution in [1.82, 2.24) is 0 Å². The van der Waals surface area contributed by atoms with Crippen LogP contribution in [0, 0.1) is 52.3 Å². The van der Waals surface area contributed by atoms with Crippen LogP contribution in [-0.4, -0.2) is 11.2 Å². The van der Waals surface area contributed by atoms with Gasteiger partial charge in [-0.2, -0.15) is 0 Å². The van der Waals surface area contributed by atoms with Gasteiger partial charge in [0.05, 0.1) is 6.10 Å². The van der Waals surface area contributed by atoms with Crippen LogP contribution < -0.4 is 0 Å². The van der Waals surface area contributed by atoms with Crippen LogP contribution in [0.3, 0.4) is 0 Å². The molecular weight excluding hydrogens is 352 g/mol. The third kappa shape index (κ3) is 3.66. The van der Waals surface area contributed by atoms with Crippen LogP contribution in [0.5, 0.6) is 0 Å². The number of fused-ring (bicyclic) bond motifs is 5. The first-order chi connectivity index (χ1) is 13.7. The smallest absolute Gasteiger partial charge is 0.0577 e. The Bertz CT molecular complexity index is 620. The van der Waals surface area contributed by atoms with Gasteiger partial charge in [0.15, 0.2) is 0 Å². The van der Waals surface area contributed by atoms with E-state index in [1.807, 2.05) is 0 Å². The summed E-state index contributed by atoms with van der Waals surface area (Å²) in [6.07, 6.45) is 15.7. The second-order valence-corrected chi connectivity index (χ2v) is 12.7. The Morgan fingerprint density at radius 2 is 1.72 bits per heavy atom. The van der Waals surface area contributed by atoms with E-state index in [-0.39, 0.29) is 6.10 Å². The molecule has 0 aromatic carbocycles. The molecule has 0 unspecified atom stereocenters. The molecule has 0 bridgehead atoms. The minimum absolute atomic E-state index is 0.0790. The van der Waals surface area contributed by atoms with Gasteiger partial charge in [-0.15, -0.1) is 0 Å². The van der Waals surface area contributed by atoms with E-state index in [0.717, 1.165) is 54.3 Å². The number of allylic oxidation sites excluding steroid dienone is 1. The Morgan fingerprint density at radius 1 is 0.966 bits per heavy atom. The van der Waals surface area contributed by atoms with Crippen molar-refractivity contribution < 1.29 is 5.11 Å². The largest absolute Gasteiger partial charge is 0.393 e. The Kier molecular flexibility index (Phi) is 6.04. The highest BCUT2D eigenvalue weighted by Gasteiger charge is 2.59. The topological polar surface area (TPSA) is 20.2 Å². The molecule has 0 aromatic heterocycles. The molecule has 4 rings (SSSR count). The molecule has 0 heterocycles. The molecule has 3 saturated carbocycles. The summed E-state index contributed by atoms with van der Waals surface area (Å²) < 4.78 is 0. The van der Waals surface area contributed by atoms with E-state index in [1.165, 1.54) is 51.4 Å². The lowest BCUT2D eigenvalue weighted by molar-refractivity contribution is -0.0574. The maximum absolute atomic E-state index is 10.2. The zero-order valence-corrected chi connectivity index (χ0v) is 20.2. The van der Waals surface area contributed by atoms with Crippen molar-refractivity contribution in [2.75, 3.05) is 0 Å². The molecule has 1 heteroatoms. The normalized spacial score (nSPS) is 46.5. The van der Waals surface area contributed by atoms with Crippen molar-refractivity contribution in [3.63, 3.8) is 0 Å². The van der Waals surface area contributed by atoms with Gasteiger partial charge < -0.3 is 5.11 Å². The maximum atomic E-state index is 10.2. The fourth-order valence-corrected chi connectivity index (χ4v) is 8.68. The minimum Gasteiger partial charge on any atom is -0.393 e. The third-order valence-corrected chi connectivity index (χ3v) is 11.1. The van der Waals surface area contributed by atoms with Gasteiger partial charge in [0.2, 0.25) is 0 Å². The second kappa shape index (κ2) is 7.99. The lowest BCUT2D eigenvalue weighted by atomic mass is 9.47. The van der Waals surface area contributed by atoms with Crippen LogP contribution in [0.4, 0.5) is 0 Å². The van der Waals surface area contributed by atoms with Crippen LogP contribution in [0.1, 0.15) is 106 Å². The molecule has 4 aliphatic carbocycles. The summed E-state index contributed by atoms with van der Waals surface area (Å²) >= 11 is 0. The molecule has 0 saturated heterocycles. The second-order valence-electron chi connectivity index (χ2n) is 12.7. The summed E-state index contributed by atoms with van der Waals surface area (Å²) in [5.41, 5.74) is 2.59. The van der Waals surface area contributed by atoms with Crippen molar-refractivity contribution in [3.8, 4) is 0 Å². The van der Waals surface area contributed by atoms with E-state index in [0.29, 0.717) is 10.8 Å². The predicted octanol–water partition coefficient (Wildman–Crippen LogP) is 7.63. The van der Waals surface area contributed by atoms with E-state index in [2.05, 4.69) is 47.6 Å². The van der Waals surface area contributed by atoms with Gasteiger partial charge in [0.1, 0.15) is 0 Å². The van der Waals surface area contributed by atoms with Crippen molar-refractivity contribution >= 4 is 0 Å². The molecule has 1 nitrogen and oxygen atoms in total. The Balaban J connectivity index is 1.49. The van der Waals surface area contributed by atoms with Crippen LogP contribution in [0.2, 0.25) is 0 Å². The predicted molar refractivity (Wildman–Crippen MR) is 124 cm³/mol. The van der Waals surface area contributed by atoms with E-state index in [9.17, 15) is 5.11 Å². The summed E-state index contributed by atoms with van der Waals surface area (Å²) in [4.78, 5) is 0. The lowest BCUT2D eigenvalue weighted by Crippen LogP contribution is -2.50. The summed E-state index contributed by atoms with van der Waals surface area (Å²) in [6, 6.07) is 0. The lowest BCUT2D eigenvalue weighted by Gasteiger charge is -2.58. The molecule has 166 valence electrons. The highest BCUT2D eigenvalue weighted by Crippen LogP contribution is 2.67. The van der Waals surface area contributed by atoms with Gasteiger partial charge in [-0.25, -0.2) is 0 Å². The molecule has 3 fully saturated rings. The molecule has 1 N–H and O–H groups in total. The van der Waals surface area contributed by atoms with Crippen LogP contribution >= 0.6 is 0 Å². The minimum atomic E-state index is -0.0790. The monoisotopic (exact) mass is 400 g/mol. The van der Waals surface area contributed by atoms with Gasteiger partial charge in [0, 0.05) is 0 Å². The zero-order chi connectivity index (χ0) is 21.0. The van der Waals surface area contributed by atoms with Gasteiger partial charge >= 0.3 is 0 Å². The maximum Gasteiger partial charge on any atom is 0.0577 e. The molecule has 29 heavy (non-hydrogen) atoms. The van der Waals surface area contributed by atoms with Gasteiger partial charge in [-0.1, -0.05) is 66.0 Å². The van der Waals surface area contributed by atoms with E-state index >= 15 is 0 Å². The van der Waals surface area contributed by atoms with E-state index in [4.69, 9.17) is 0 Å². The molecular formula is C28H48O. The number of rotatable bonds is 5. The SMILES string of the molecule is CC(C)[C@H](C)CC[C@@H](C)[C@H]1CC[C@@H]2[C@H]3CC=C4C[C@@H](O)CC[C@]4(C)[C@H]3CC[C@@]21C. The van der Waals surface area contributed by atoms with Crippen molar-refractivity contribution in [1.29, 1.82) is 0 Å². The first kappa shape index (κ1) is 21.9. The Morgan fingerprint density at radius 3 is 2.45 bits per heavy atom. The molecule has 9 atom stereocenters. The fraction of sp³-hybridized carbons (Fsp3) is 0.929. The third-order valence-electron chi connectivity index (χ3n) is 11.1. The molecule has 0 spiro atoms. The first-order valence-corrected chi connectivity index (χ1v) is 13.0. The van der Waals surface area contributed by atoms with Crippen LogP contribution in [-0.2, 0) is 0 Å². The summed E-state index contributed by atoms with van der Waals surface area (Å²) in [5.74, 6) is 6.24. The van der Waals surface area contributed by atoms with Crippen molar-refractivity contribution in [2.45, 2.75) is 112 Å². The quantitative estimate of drug-likeness (QED) is 0.470. The van der Waals surface area contributed by atoms with Crippen molar-refractivity contribution in [3.05, 3.63) is 11.6 Å².